The summed E-state index contributed by atoms with van der Waals surface area (Å²) in [5.41, 5.74) is 0.667. The van der Waals surface area contributed by atoms with E-state index in [1.807, 2.05) is 6.92 Å². The fourth-order valence-corrected chi connectivity index (χ4v) is 2.17. The molecule has 0 fully saturated rings. The molecular weight excluding hydrogens is 331 g/mol. The Morgan fingerprint density at radius 2 is 2.23 bits per heavy atom. The number of halogens is 2. The Morgan fingerprint density at radius 3 is 2.86 bits per heavy atom. The van der Waals surface area contributed by atoms with Crippen molar-refractivity contribution in [2.45, 2.75) is 26.3 Å². The lowest BCUT2D eigenvalue weighted by atomic mass is 10.0. The van der Waals surface area contributed by atoms with Gasteiger partial charge in [-0.25, -0.2) is 4.98 Å². The molecule has 0 aromatic carbocycles. The van der Waals surface area contributed by atoms with Gasteiger partial charge in [-0.3, -0.25) is 10.1 Å². The number of rotatable bonds is 7. The first kappa shape index (κ1) is 16.5. The average molecular weight is 345 g/mol. The van der Waals surface area contributed by atoms with Gasteiger partial charge in [-0.15, -0.1) is 0 Å². The smallest absolute Gasteiger partial charge is 0.313 e. The van der Waals surface area contributed by atoms with Gasteiger partial charge in [-0.1, -0.05) is 11.6 Å². The number of ether oxygens (including phenoxy) is 1. The number of nitrogens with zero attached hydrogens (tertiary/aromatic N) is 3. The molecule has 1 atom stereocenters. The number of allylic oxidation sites excluding steroid dienone is 2. The molecule has 2 rings (SSSR count). The van der Waals surface area contributed by atoms with Gasteiger partial charge < -0.3 is 10.1 Å². The summed E-state index contributed by atoms with van der Waals surface area (Å²) in [6, 6.07) is -0.00623. The Balaban J connectivity index is 1.83. The lowest BCUT2D eigenvalue weighted by Gasteiger charge is -2.18. The highest BCUT2D eigenvalue weighted by atomic mass is 35.5. The van der Waals surface area contributed by atoms with E-state index in [9.17, 15) is 10.1 Å². The molecule has 0 saturated carbocycles. The predicted octanol–water partition coefficient (Wildman–Crippen LogP) is 3.44. The Morgan fingerprint density at radius 1 is 1.50 bits per heavy atom. The fourth-order valence-electron chi connectivity index (χ4n) is 1.89. The zero-order chi connectivity index (χ0) is 16.3. The summed E-state index contributed by atoms with van der Waals surface area (Å²) in [6.45, 7) is 3.93. The minimum atomic E-state index is -0.436. The molecular formula is C13H14Cl2N4O3. The van der Waals surface area contributed by atoms with Crippen molar-refractivity contribution in [2.75, 3.05) is 11.9 Å². The Bertz CT molecular complexity index is 655. The van der Waals surface area contributed by atoms with E-state index in [0.29, 0.717) is 35.2 Å². The van der Waals surface area contributed by atoms with Crippen molar-refractivity contribution in [1.29, 1.82) is 0 Å². The van der Waals surface area contributed by atoms with E-state index < -0.39 is 4.92 Å². The van der Waals surface area contributed by atoms with Crippen LogP contribution in [0.3, 0.4) is 0 Å². The molecule has 1 aliphatic carbocycles. The van der Waals surface area contributed by atoms with Crippen LogP contribution in [-0.4, -0.2) is 27.5 Å². The van der Waals surface area contributed by atoms with Gasteiger partial charge in [-0.2, -0.15) is 4.98 Å². The van der Waals surface area contributed by atoms with Crippen molar-refractivity contribution in [1.82, 2.24) is 9.97 Å². The van der Waals surface area contributed by atoms with E-state index in [0.717, 1.165) is 0 Å². The minimum absolute atomic E-state index is 0.00623. The van der Waals surface area contributed by atoms with E-state index in [2.05, 4.69) is 15.3 Å². The van der Waals surface area contributed by atoms with Gasteiger partial charge in [0.2, 0.25) is 5.28 Å². The molecule has 22 heavy (non-hydrogen) atoms. The number of aromatic nitrogens is 2. The van der Waals surface area contributed by atoms with Gasteiger partial charge in [0.1, 0.15) is 10.8 Å². The maximum Gasteiger partial charge on any atom is 0.313 e. The van der Waals surface area contributed by atoms with Gasteiger partial charge in [0, 0.05) is 18.0 Å². The van der Waals surface area contributed by atoms with Crippen LogP contribution in [0, 0.1) is 10.1 Å². The summed E-state index contributed by atoms with van der Waals surface area (Å²) in [4.78, 5) is 18.1. The molecule has 1 unspecified atom stereocenters. The summed E-state index contributed by atoms with van der Waals surface area (Å²) in [5.74, 6) is 0.761. The van der Waals surface area contributed by atoms with Crippen LogP contribution in [0.2, 0.25) is 10.3 Å². The average Bonchev–Trinajstić information content (AvgIpc) is 2.41. The molecule has 118 valence electrons. The first-order valence-electron chi connectivity index (χ1n) is 6.53. The summed E-state index contributed by atoms with van der Waals surface area (Å²) in [5, 5.41) is 14.3. The lowest BCUT2D eigenvalue weighted by Crippen LogP contribution is -2.20. The third-order valence-corrected chi connectivity index (χ3v) is 3.50. The molecule has 0 bridgehead atoms. The van der Waals surface area contributed by atoms with Crippen LogP contribution in [0.5, 0.6) is 0 Å². The van der Waals surface area contributed by atoms with E-state index in [1.54, 1.807) is 13.0 Å². The summed E-state index contributed by atoms with van der Waals surface area (Å²) in [6.07, 6.45) is 3.68. The molecule has 0 saturated heterocycles. The van der Waals surface area contributed by atoms with Crippen molar-refractivity contribution in [3.8, 4) is 0 Å². The zero-order valence-electron chi connectivity index (χ0n) is 12.0. The quantitative estimate of drug-likeness (QED) is 0.462. The van der Waals surface area contributed by atoms with Gasteiger partial charge in [0.05, 0.1) is 17.7 Å². The van der Waals surface area contributed by atoms with Crippen molar-refractivity contribution >= 4 is 29.0 Å². The fraction of sp³-hybridized carbons (Fsp3) is 0.385. The molecule has 9 heteroatoms. The second-order valence-electron chi connectivity index (χ2n) is 4.82. The SMILES string of the molecule is CC1=CC(OCCC(C)Nc2nc(Cl)ncc2Cl)=C1[N+](=O)[O-]. The number of hydrogen-bond donors (Lipinski definition) is 1. The van der Waals surface area contributed by atoms with Crippen LogP contribution in [-0.2, 0) is 4.74 Å². The molecule has 0 amide bonds. The molecule has 1 aliphatic rings. The van der Waals surface area contributed by atoms with E-state index in [1.165, 1.54) is 6.20 Å². The number of nitrogens with one attached hydrogen (secondary N) is 1. The molecule has 0 aliphatic heterocycles. The van der Waals surface area contributed by atoms with Crippen LogP contribution >= 0.6 is 23.2 Å². The Labute approximate surface area is 137 Å². The second kappa shape index (κ2) is 6.93. The molecule has 1 aromatic heterocycles. The van der Waals surface area contributed by atoms with Crippen LogP contribution in [0.4, 0.5) is 5.82 Å². The zero-order valence-corrected chi connectivity index (χ0v) is 13.5. The first-order chi connectivity index (χ1) is 10.4. The third kappa shape index (κ3) is 3.86. The van der Waals surface area contributed by atoms with Gasteiger partial charge in [0.25, 0.3) is 0 Å². The van der Waals surface area contributed by atoms with Gasteiger partial charge in [-0.05, 0) is 31.5 Å². The van der Waals surface area contributed by atoms with Crippen LogP contribution in [0.1, 0.15) is 20.3 Å². The number of nitro groups is 1. The van der Waals surface area contributed by atoms with E-state index in [-0.39, 0.29) is 17.0 Å². The Hall–Kier alpha value is -1.86. The molecule has 1 heterocycles. The lowest BCUT2D eigenvalue weighted by molar-refractivity contribution is -0.425. The normalized spacial score (nSPS) is 15.0. The first-order valence-corrected chi connectivity index (χ1v) is 7.28. The van der Waals surface area contributed by atoms with Crippen molar-refractivity contribution in [3.05, 3.63) is 49.7 Å². The molecule has 0 radical (unpaired) electrons. The highest BCUT2D eigenvalue weighted by Crippen LogP contribution is 2.28. The molecule has 0 spiro atoms. The third-order valence-electron chi connectivity index (χ3n) is 3.04. The highest BCUT2D eigenvalue weighted by molar-refractivity contribution is 6.33. The van der Waals surface area contributed by atoms with Crippen molar-refractivity contribution < 1.29 is 9.66 Å². The highest BCUT2D eigenvalue weighted by Gasteiger charge is 2.29. The van der Waals surface area contributed by atoms with Crippen LogP contribution in [0.15, 0.2) is 29.3 Å². The minimum Gasteiger partial charge on any atom is -0.487 e. The molecule has 1 N–H and O–H groups in total. The van der Waals surface area contributed by atoms with Gasteiger partial charge >= 0.3 is 5.70 Å². The largest absolute Gasteiger partial charge is 0.487 e. The van der Waals surface area contributed by atoms with Crippen LogP contribution < -0.4 is 5.32 Å². The molecule has 7 nitrogen and oxygen atoms in total. The maximum atomic E-state index is 10.8. The summed E-state index contributed by atoms with van der Waals surface area (Å²) < 4.78 is 5.41. The summed E-state index contributed by atoms with van der Waals surface area (Å²) >= 11 is 11.7. The van der Waals surface area contributed by atoms with Gasteiger partial charge in [0.15, 0.2) is 5.76 Å². The molecule has 1 aromatic rings. The van der Waals surface area contributed by atoms with Crippen LogP contribution in [0.25, 0.3) is 0 Å². The monoisotopic (exact) mass is 344 g/mol. The number of anilines is 1. The van der Waals surface area contributed by atoms with E-state index >= 15 is 0 Å². The van der Waals surface area contributed by atoms with E-state index in [4.69, 9.17) is 27.9 Å². The Kier molecular flexibility index (Phi) is 5.20. The number of hydrogen-bond acceptors (Lipinski definition) is 6. The standard InChI is InChI=1S/C13H14Cl2N4O3/c1-7-5-10(11(7)19(20)21)22-4-3-8(2)17-12-9(14)6-16-13(15)18-12/h5-6,8H,3-4H2,1-2H3,(H,16,17,18). The second-order valence-corrected chi connectivity index (χ2v) is 5.56. The van der Waals surface area contributed by atoms with Crippen molar-refractivity contribution in [2.24, 2.45) is 0 Å². The maximum absolute atomic E-state index is 10.8. The summed E-state index contributed by atoms with van der Waals surface area (Å²) in [7, 11) is 0. The topological polar surface area (TPSA) is 90.2 Å². The van der Waals surface area contributed by atoms with Crippen molar-refractivity contribution in [3.63, 3.8) is 0 Å². The predicted molar refractivity (Wildman–Crippen MR) is 83.5 cm³/mol.